The SMILES string of the molecule is O=C(Nc1nc2c(C(=O)Nc3ncc[nH]3)cccc2[nH]1)c1cccc(Br)n1. The van der Waals surface area contributed by atoms with Gasteiger partial charge in [-0.05, 0) is 40.2 Å². The van der Waals surface area contributed by atoms with Gasteiger partial charge >= 0.3 is 0 Å². The van der Waals surface area contributed by atoms with Gasteiger partial charge in [-0.2, -0.15) is 0 Å². The number of nitrogens with one attached hydrogen (secondary N) is 4. The highest BCUT2D eigenvalue weighted by Gasteiger charge is 2.16. The summed E-state index contributed by atoms with van der Waals surface area (Å²) in [5.41, 5.74) is 1.63. The van der Waals surface area contributed by atoms with Crippen LogP contribution in [0, 0.1) is 0 Å². The average Bonchev–Trinajstić information content (AvgIpc) is 3.30. The topological polar surface area (TPSA) is 128 Å². The molecule has 0 bridgehead atoms. The van der Waals surface area contributed by atoms with Crippen molar-refractivity contribution in [1.29, 1.82) is 0 Å². The van der Waals surface area contributed by atoms with E-state index in [1.165, 1.54) is 6.20 Å². The normalized spacial score (nSPS) is 10.7. The number of aromatic amines is 2. The predicted octanol–water partition coefficient (Wildman–Crippen LogP) is 2.95. The molecule has 0 saturated heterocycles. The van der Waals surface area contributed by atoms with Gasteiger partial charge in [0.05, 0.1) is 11.1 Å². The van der Waals surface area contributed by atoms with Crippen LogP contribution in [0.2, 0.25) is 0 Å². The summed E-state index contributed by atoms with van der Waals surface area (Å²) in [5, 5.41) is 5.30. The zero-order valence-electron chi connectivity index (χ0n) is 13.7. The van der Waals surface area contributed by atoms with Gasteiger partial charge in [0, 0.05) is 12.4 Å². The van der Waals surface area contributed by atoms with Crippen molar-refractivity contribution in [2.24, 2.45) is 0 Å². The Balaban J connectivity index is 1.60. The molecule has 0 aliphatic heterocycles. The van der Waals surface area contributed by atoms with Crippen LogP contribution in [0.1, 0.15) is 20.8 Å². The lowest BCUT2D eigenvalue weighted by Gasteiger charge is -2.02. The number of pyridine rings is 1. The lowest BCUT2D eigenvalue weighted by Crippen LogP contribution is -2.15. The number of anilines is 2. The summed E-state index contributed by atoms with van der Waals surface area (Å²) in [7, 11) is 0. The number of hydrogen-bond acceptors (Lipinski definition) is 5. The van der Waals surface area contributed by atoms with Crippen molar-refractivity contribution >= 4 is 50.7 Å². The van der Waals surface area contributed by atoms with Gasteiger partial charge in [0.25, 0.3) is 11.8 Å². The Morgan fingerprint density at radius 2 is 1.78 bits per heavy atom. The van der Waals surface area contributed by atoms with Crippen LogP contribution in [0.3, 0.4) is 0 Å². The smallest absolute Gasteiger partial charge is 0.276 e. The van der Waals surface area contributed by atoms with E-state index in [4.69, 9.17) is 0 Å². The quantitative estimate of drug-likeness (QED) is 0.373. The van der Waals surface area contributed by atoms with Crippen molar-refractivity contribution in [2.45, 2.75) is 0 Å². The van der Waals surface area contributed by atoms with Crippen LogP contribution in [-0.4, -0.2) is 36.7 Å². The van der Waals surface area contributed by atoms with Crippen LogP contribution in [-0.2, 0) is 0 Å². The van der Waals surface area contributed by atoms with Gasteiger partial charge in [0.1, 0.15) is 15.8 Å². The fraction of sp³-hybridized carbons (Fsp3) is 0. The third-order valence-corrected chi connectivity index (χ3v) is 4.11. The minimum absolute atomic E-state index is 0.218. The molecule has 4 rings (SSSR count). The van der Waals surface area contributed by atoms with E-state index in [0.29, 0.717) is 27.1 Å². The number of hydrogen-bond donors (Lipinski definition) is 4. The fourth-order valence-corrected chi connectivity index (χ4v) is 2.83. The Hall–Kier alpha value is -3.53. The number of amides is 2. The summed E-state index contributed by atoms with van der Waals surface area (Å²) < 4.78 is 0.552. The average molecular weight is 426 g/mol. The molecule has 0 aliphatic rings. The van der Waals surface area contributed by atoms with Gasteiger partial charge in [-0.3, -0.25) is 20.2 Å². The van der Waals surface area contributed by atoms with Crippen LogP contribution in [0.25, 0.3) is 11.0 Å². The second-order valence-corrected chi connectivity index (χ2v) is 6.29. The van der Waals surface area contributed by atoms with Crippen molar-refractivity contribution in [3.8, 4) is 0 Å². The highest BCUT2D eigenvalue weighted by atomic mass is 79.9. The number of rotatable bonds is 4. The Morgan fingerprint density at radius 3 is 2.56 bits per heavy atom. The molecule has 0 radical (unpaired) electrons. The number of imidazole rings is 2. The molecule has 1 aromatic carbocycles. The van der Waals surface area contributed by atoms with Gasteiger partial charge < -0.3 is 9.97 Å². The third kappa shape index (κ3) is 3.55. The van der Waals surface area contributed by atoms with Gasteiger partial charge in [-0.25, -0.2) is 15.0 Å². The van der Waals surface area contributed by atoms with Crippen molar-refractivity contribution in [3.05, 3.63) is 64.7 Å². The maximum atomic E-state index is 12.5. The van der Waals surface area contributed by atoms with Crippen molar-refractivity contribution in [2.75, 3.05) is 10.6 Å². The molecule has 27 heavy (non-hydrogen) atoms. The van der Waals surface area contributed by atoms with Crippen molar-refractivity contribution in [1.82, 2.24) is 24.9 Å². The molecule has 134 valence electrons. The van der Waals surface area contributed by atoms with Crippen LogP contribution >= 0.6 is 15.9 Å². The first-order valence-corrected chi connectivity index (χ1v) is 8.63. The second-order valence-electron chi connectivity index (χ2n) is 5.48. The second kappa shape index (κ2) is 7.00. The van der Waals surface area contributed by atoms with Crippen LogP contribution in [0.4, 0.5) is 11.9 Å². The van der Waals surface area contributed by atoms with Gasteiger partial charge in [0.2, 0.25) is 11.9 Å². The molecule has 2 amide bonds. The van der Waals surface area contributed by atoms with E-state index in [1.807, 2.05) is 0 Å². The summed E-state index contributed by atoms with van der Waals surface area (Å²) in [4.78, 5) is 43.0. The Bertz CT molecular complexity index is 1140. The van der Waals surface area contributed by atoms with Crippen LogP contribution < -0.4 is 10.6 Å². The number of benzene rings is 1. The van der Waals surface area contributed by atoms with Crippen LogP contribution in [0.5, 0.6) is 0 Å². The highest BCUT2D eigenvalue weighted by Crippen LogP contribution is 2.20. The number of para-hydroxylation sites is 1. The van der Waals surface area contributed by atoms with E-state index in [9.17, 15) is 9.59 Å². The van der Waals surface area contributed by atoms with E-state index in [2.05, 4.69) is 51.5 Å². The minimum Gasteiger partial charge on any atom is -0.331 e. The largest absolute Gasteiger partial charge is 0.331 e. The minimum atomic E-state index is -0.419. The number of halogens is 1. The molecule has 0 saturated carbocycles. The lowest BCUT2D eigenvalue weighted by molar-refractivity contribution is 0.101. The summed E-state index contributed by atoms with van der Waals surface area (Å²) in [6.07, 6.45) is 3.14. The Morgan fingerprint density at radius 1 is 0.963 bits per heavy atom. The number of fused-ring (bicyclic) bond motifs is 1. The zero-order valence-corrected chi connectivity index (χ0v) is 15.2. The molecule has 10 heteroatoms. The molecule has 4 N–H and O–H groups in total. The van der Waals surface area contributed by atoms with Crippen LogP contribution in [0.15, 0.2) is 53.4 Å². The molecule has 3 heterocycles. The van der Waals surface area contributed by atoms with E-state index in [0.717, 1.165) is 0 Å². The molecule has 4 aromatic rings. The summed E-state index contributed by atoms with van der Waals surface area (Å²) in [5.74, 6) is -0.234. The fourth-order valence-electron chi connectivity index (χ4n) is 2.49. The Kier molecular flexibility index (Phi) is 4.38. The summed E-state index contributed by atoms with van der Waals surface area (Å²) in [6, 6.07) is 10.1. The first-order chi connectivity index (χ1) is 13.1. The molecule has 0 fully saturated rings. The molecule has 0 atom stereocenters. The maximum absolute atomic E-state index is 12.5. The standard InChI is InChI=1S/C17H12BrN7O2/c18-12-6-2-5-11(21-12)15(27)25-17-22-10-4-1-3-9(13(10)23-17)14(26)24-16-19-7-8-20-16/h1-8H,(H2,19,20,24,26)(H2,22,23,25,27). The van der Waals surface area contributed by atoms with E-state index >= 15 is 0 Å². The zero-order chi connectivity index (χ0) is 18.8. The highest BCUT2D eigenvalue weighted by molar-refractivity contribution is 9.10. The Labute approximate surface area is 160 Å². The van der Waals surface area contributed by atoms with Gasteiger partial charge in [-0.1, -0.05) is 12.1 Å². The first-order valence-electron chi connectivity index (χ1n) is 7.83. The summed E-state index contributed by atoms with van der Waals surface area (Å²) >= 11 is 3.23. The van der Waals surface area contributed by atoms with Crippen molar-refractivity contribution < 1.29 is 9.59 Å². The van der Waals surface area contributed by atoms with Gasteiger partial charge in [0.15, 0.2) is 0 Å². The monoisotopic (exact) mass is 425 g/mol. The first kappa shape index (κ1) is 16.9. The molecule has 3 aromatic heterocycles. The van der Waals surface area contributed by atoms with Crippen molar-refractivity contribution in [3.63, 3.8) is 0 Å². The number of nitrogens with zero attached hydrogens (tertiary/aromatic N) is 3. The molecule has 0 spiro atoms. The third-order valence-electron chi connectivity index (χ3n) is 3.67. The molecule has 0 aliphatic carbocycles. The molecule has 0 unspecified atom stereocenters. The number of aromatic nitrogens is 5. The summed E-state index contributed by atoms with van der Waals surface area (Å²) in [6.45, 7) is 0. The molecule has 9 nitrogen and oxygen atoms in total. The maximum Gasteiger partial charge on any atom is 0.276 e. The van der Waals surface area contributed by atoms with Gasteiger partial charge in [-0.15, -0.1) is 0 Å². The van der Waals surface area contributed by atoms with E-state index < -0.39 is 5.91 Å². The van der Waals surface area contributed by atoms with E-state index in [-0.39, 0.29) is 17.5 Å². The molecular formula is C17H12BrN7O2. The predicted molar refractivity (Wildman–Crippen MR) is 103 cm³/mol. The number of carbonyl (C=O) groups excluding carboxylic acids is 2. The molecular weight excluding hydrogens is 414 g/mol. The lowest BCUT2D eigenvalue weighted by atomic mass is 10.2. The van der Waals surface area contributed by atoms with E-state index in [1.54, 1.807) is 42.6 Å². The number of H-pyrrole nitrogens is 2. The number of carbonyl (C=O) groups is 2.